The molecule has 0 fully saturated rings. The molecule has 0 saturated carbocycles. The molecule has 18 heavy (non-hydrogen) atoms. The molecular weight excluding hydrogens is 218 g/mol. The van der Waals surface area contributed by atoms with Gasteiger partial charge in [-0.15, -0.1) is 6.58 Å². The quantitative estimate of drug-likeness (QED) is 0.528. The van der Waals surface area contributed by atoms with Crippen LogP contribution in [0.25, 0.3) is 10.8 Å². The molecular formula is C17H21N. The van der Waals surface area contributed by atoms with Crippen molar-refractivity contribution >= 4 is 10.8 Å². The highest BCUT2D eigenvalue weighted by molar-refractivity contribution is 5.87. The van der Waals surface area contributed by atoms with Crippen LogP contribution in [0.5, 0.6) is 0 Å². The maximum absolute atomic E-state index is 4.54. The Morgan fingerprint density at radius 2 is 2.00 bits per heavy atom. The third-order valence-corrected chi connectivity index (χ3v) is 3.60. The second kappa shape index (κ2) is 5.81. The van der Waals surface area contributed by atoms with Gasteiger partial charge in [-0.1, -0.05) is 37.3 Å². The summed E-state index contributed by atoms with van der Waals surface area (Å²) in [5.41, 5.74) is 2.49. The van der Waals surface area contributed by atoms with E-state index in [0.29, 0.717) is 5.92 Å². The minimum atomic E-state index is 0.558. The minimum absolute atomic E-state index is 0.558. The van der Waals surface area contributed by atoms with Crippen LogP contribution in [0, 0.1) is 6.92 Å². The third-order valence-electron chi connectivity index (χ3n) is 3.60. The standard InChI is InChI=1S/C17H21N/c1-4-5-6-9-13(2)17-12-18-14(3)15-10-7-8-11-16(15)17/h4,7-8,10-13H,1,5-6,9H2,2-3H3. The first-order valence-electron chi connectivity index (χ1n) is 6.69. The average molecular weight is 239 g/mol. The summed E-state index contributed by atoms with van der Waals surface area (Å²) in [5.74, 6) is 0.558. The van der Waals surface area contributed by atoms with Crippen molar-refractivity contribution in [1.29, 1.82) is 0 Å². The van der Waals surface area contributed by atoms with Gasteiger partial charge in [0.15, 0.2) is 0 Å². The summed E-state index contributed by atoms with van der Waals surface area (Å²) in [7, 11) is 0. The van der Waals surface area contributed by atoms with Crippen molar-refractivity contribution in [3.8, 4) is 0 Å². The lowest BCUT2D eigenvalue weighted by Gasteiger charge is -2.14. The molecule has 1 heteroatoms. The number of aromatic nitrogens is 1. The van der Waals surface area contributed by atoms with E-state index in [9.17, 15) is 0 Å². The second-order valence-corrected chi connectivity index (χ2v) is 4.97. The van der Waals surface area contributed by atoms with E-state index in [-0.39, 0.29) is 0 Å². The highest BCUT2D eigenvalue weighted by Crippen LogP contribution is 2.29. The number of aryl methyl sites for hydroxylation is 1. The fraction of sp³-hybridized carbons (Fsp3) is 0.353. The first-order valence-corrected chi connectivity index (χ1v) is 6.69. The Hall–Kier alpha value is -1.63. The molecule has 0 aliphatic heterocycles. The van der Waals surface area contributed by atoms with Crippen LogP contribution in [-0.2, 0) is 0 Å². The van der Waals surface area contributed by atoms with Crippen molar-refractivity contribution in [2.45, 2.75) is 39.0 Å². The first-order chi connectivity index (χ1) is 8.74. The van der Waals surface area contributed by atoms with Crippen LogP contribution in [0.3, 0.4) is 0 Å². The molecule has 1 nitrogen and oxygen atoms in total. The molecule has 1 aromatic carbocycles. The van der Waals surface area contributed by atoms with E-state index in [4.69, 9.17) is 0 Å². The van der Waals surface area contributed by atoms with Gasteiger partial charge in [0.1, 0.15) is 0 Å². The number of allylic oxidation sites excluding steroid dienone is 1. The number of rotatable bonds is 5. The number of hydrogen-bond donors (Lipinski definition) is 0. The summed E-state index contributed by atoms with van der Waals surface area (Å²) < 4.78 is 0. The van der Waals surface area contributed by atoms with Crippen LogP contribution in [0.4, 0.5) is 0 Å². The summed E-state index contributed by atoms with van der Waals surface area (Å²) in [5, 5.41) is 2.64. The van der Waals surface area contributed by atoms with Gasteiger partial charge < -0.3 is 0 Å². The zero-order valence-corrected chi connectivity index (χ0v) is 11.3. The number of pyridine rings is 1. The van der Waals surface area contributed by atoms with E-state index >= 15 is 0 Å². The Bertz CT molecular complexity index is 542. The zero-order valence-electron chi connectivity index (χ0n) is 11.3. The number of unbranched alkanes of at least 4 members (excludes halogenated alkanes) is 1. The van der Waals surface area contributed by atoms with Crippen molar-refractivity contribution in [1.82, 2.24) is 4.98 Å². The molecule has 0 aliphatic rings. The van der Waals surface area contributed by atoms with Crippen molar-refractivity contribution in [3.63, 3.8) is 0 Å². The summed E-state index contributed by atoms with van der Waals surface area (Å²) in [4.78, 5) is 4.54. The molecule has 1 unspecified atom stereocenters. The predicted octanol–water partition coefficient (Wildman–Crippen LogP) is 5.00. The van der Waals surface area contributed by atoms with Crippen LogP contribution in [0.15, 0.2) is 43.1 Å². The average Bonchev–Trinajstić information content (AvgIpc) is 2.39. The molecule has 1 heterocycles. The monoisotopic (exact) mass is 239 g/mol. The maximum atomic E-state index is 4.54. The van der Waals surface area contributed by atoms with Gasteiger partial charge in [0.05, 0.1) is 0 Å². The fourth-order valence-electron chi connectivity index (χ4n) is 2.47. The van der Waals surface area contributed by atoms with Crippen molar-refractivity contribution in [3.05, 3.63) is 54.4 Å². The van der Waals surface area contributed by atoms with Crippen molar-refractivity contribution in [2.75, 3.05) is 0 Å². The lowest BCUT2D eigenvalue weighted by atomic mass is 9.92. The molecule has 1 aromatic heterocycles. The van der Waals surface area contributed by atoms with Gasteiger partial charge in [0, 0.05) is 17.3 Å². The van der Waals surface area contributed by atoms with Crippen LogP contribution in [-0.4, -0.2) is 4.98 Å². The van der Waals surface area contributed by atoms with Crippen LogP contribution < -0.4 is 0 Å². The maximum Gasteiger partial charge on any atom is 0.0451 e. The van der Waals surface area contributed by atoms with E-state index in [1.807, 2.05) is 6.08 Å². The molecule has 0 aliphatic carbocycles. The van der Waals surface area contributed by atoms with Crippen LogP contribution in [0.2, 0.25) is 0 Å². The van der Waals surface area contributed by atoms with E-state index in [1.165, 1.54) is 29.2 Å². The summed E-state index contributed by atoms with van der Waals surface area (Å²) in [6.07, 6.45) is 7.55. The smallest absolute Gasteiger partial charge is 0.0451 e. The molecule has 0 amide bonds. The number of nitrogens with zero attached hydrogens (tertiary/aromatic N) is 1. The molecule has 0 spiro atoms. The van der Waals surface area contributed by atoms with Gasteiger partial charge in [-0.3, -0.25) is 4.98 Å². The lowest BCUT2D eigenvalue weighted by Crippen LogP contribution is -1.98. The van der Waals surface area contributed by atoms with E-state index < -0.39 is 0 Å². The zero-order chi connectivity index (χ0) is 13.0. The first kappa shape index (κ1) is 12.8. The van der Waals surface area contributed by atoms with Gasteiger partial charge in [0.25, 0.3) is 0 Å². The Kier molecular flexibility index (Phi) is 4.14. The molecule has 2 aromatic rings. The molecule has 0 radical (unpaired) electrons. The van der Waals surface area contributed by atoms with Crippen LogP contribution >= 0.6 is 0 Å². The molecule has 2 rings (SSSR count). The molecule has 0 bridgehead atoms. The second-order valence-electron chi connectivity index (χ2n) is 4.97. The highest BCUT2D eigenvalue weighted by Gasteiger charge is 2.10. The summed E-state index contributed by atoms with van der Waals surface area (Å²) >= 11 is 0. The van der Waals surface area contributed by atoms with E-state index in [1.54, 1.807) is 0 Å². The van der Waals surface area contributed by atoms with Gasteiger partial charge >= 0.3 is 0 Å². The Morgan fingerprint density at radius 1 is 1.28 bits per heavy atom. The topological polar surface area (TPSA) is 12.9 Å². The number of hydrogen-bond acceptors (Lipinski definition) is 1. The van der Waals surface area contributed by atoms with Gasteiger partial charge in [-0.25, -0.2) is 0 Å². The van der Waals surface area contributed by atoms with Crippen molar-refractivity contribution in [2.24, 2.45) is 0 Å². The molecule has 0 saturated heterocycles. The SMILES string of the molecule is C=CCCCC(C)c1cnc(C)c2ccccc12. The Morgan fingerprint density at radius 3 is 2.72 bits per heavy atom. The largest absolute Gasteiger partial charge is 0.261 e. The lowest BCUT2D eigenvalue weighted by molar-refractivity contribution is 0.642. The Labute approximate surface area is 110 Å². The van der Waals surface area contributed by atoms with Gasteiger partial charge in [-0.2, -0.15) is 0 Å². The van der Waals surface area contributed by atoms with E-state index in [0.717, 1.165) is 12.1 Å². The fourth-order valence-corrected chi connectivity index (χ4v) is 2.47. The van der Waals surface area contributed by atoms with Gasteiger partial charge in [-0.05, 0) is 43.1 Å². The predicted molar refractivity (Wildman–Crippen MR) is 78.9 cm³/mol. The minimum Gasteiger partial charge on any atom is -0.261 e. The van der Waals surface area contributed by atoms with Gasteiger partial charge in [0.2, 0.25) is 0 Å². The number of benzene rings is 1. The molecule has 1 atom stereocenters. The Balaban J connectivity index is 2.33. The third kappa shape index (κ3) is 2.61. The van der Waals surface area contributed by atoms with E-state index in [2.05, 4.69) is 55.9 Å². The van der Waals surface area contributed by atoms with Crippen LogP contribution in [0.1, 0.15) is 43.4 Å². The number of fused-ring (bicyclic) bond motifs is 1. The summed E-state index contributed by atoms with van der Waals surface area (Å²) in [6.45, 7) is 8.15. The summed E-state index contributed by atoms with van der Waals surface area (Å²) in [6, 6.07) is 8.58. The molecule has 0 N–H and O–H groups in total. The normalized spacial score (nSPS) is 12.6. The van der Waals surface area contributed by atoms with Crippen molar-refractivity contribution < 1.29 is 0 Å². The molecule has 94 valence electrons. The highest BCUT2D eigenvalue weighted by atomic mass is 14.7.